The zero-order valence-electron chi connectivity index (χ0n) is 9.88. The van der Waals surface area contributed by atoms with Crippen molar-refractivity contribution in [2.75, 3.05) is 5.33 Å². The van der Waals surface area contributed by atoms with Crippen molar-refractivity contribution in [3.63, 3.8) is 0 Å². The number of rotatable bonds is 6. The number of halogens is 2. The van der Waals surface area contributed by atoms with E-state index < -0.39 is 0 Å². The monoisotopic (exact) mass is 317 g/mol. The Kier molecular flexibility index (Phi) is 6.60. The van der Waals surface area contributed by atoms with Gasteiger partial charge in [-0.25, -0.2) is 0 Å². The second-order valence-corrected chi connectivity index (χ2v) is 5.22. The summed E-state index contributed by atoms with van der Waals surface area (Å²) in [5.41, 5.74) is 1.03. The first-order valence-electron chi connectivity index (χ1n) is 5.74. The van der Waals surface area contributed by atoms with Gasteiger partial charge >= 0.3 is 0 Å². The first kappa shape index (κ1) is 14.5. The van der Waals surface area contributed by atoms with Crippen LogP contribution in [0.1, 0.15) is 37.8 Å². The molecule has 0 aliphatic carbocycles. The Morgan fingerprint density at radius 3 is 2.88 bits per heavy atom. The van der Waals surface area contributed by atoms with Crippen LogP contribution in [0.25, 0.3) is 0 Å². The van der Waals surface area contributed by atoms with E-state index in [1.807, 2.05) is 31.2 Å². The number of hydrogen-bond acceptors (Lipinski definition) is 1. The van der Waals surface area contributed by atoms with Crippen molar-refractivity contribution in [1.82, 2.24) is 5.32 Å². The molecule has 17 heavy (non-hydrogen) atoms. The number of carbonyl (C=O) groups excluding carboxylic acids is 1. The van der Waals surface area contributed by atoms with Crippen LogP contribution >= 0.6 is 27.5 Å². The standard InChI is InChI=1S/C13H17BrClNO/c1-10(11-5-4-6-12(15)9-11)16-13(17)7-2-3-8-14/h4-6,9-10H,2-3,7-8H2,1H3,(H,16,17)/t10-/m0/s1. The average Bonchev–Trinajstić information content (AvgIpc) is 2.29. The van der Waals surface area contributed by atoms with E-state index in [0.29, 0.717) is 11.4 Å². The van der Waals surface area contributed by atoms with Gasteiger partial charge in [0.1, 0.15) is 0 Å². The first-order chi connectivity index (χ1) is 8.13. The lowest BCUT2D eigenvalue weighted by atomic mass is 10.1. The van der Waals surface area contributed by atoms with Gasteiger partial charge in [-0.1, -0.05) is 39.7 Å². The summed E-state index contributed by atoms with van der Waals surface area (Å²) in [5.74, 6) is 0.0958. The van der Waals surface area contributed by atoms with Gasteiger partial charge < -0.3 is 5.32 Å². The number of benzene rings is 1. The maximum absolute atomic E-state index is 11.6. The van der Waals surface area contributed by atoms with Crippen LogP contribution < -0.4 is 5.32 Å². The zero-order valence-corrected chi connectivity index (χ0v) is 12.2. The average molecular weight is 319 g/mol. The van der Waals surface area contributed by atoms with E-state index in [2.05, 4.69) is 21.2 Å². The van der Waals surface area contributed by atoms with Crippen molar-refractivity contribution >= 4 is 33.4 Å². The van der Waals surface area contributed by atoms with Crippen LogP contribution in [0.3, 0.4) is 0 Å². The molecule has 1 atom stereocenters. The van der Waals surface area contributed by atoms with Gasteiger partial charge in [0.05, 0.1) is 6.04 Å². The third kappa shape index (κ3) is 5.55. The molecule has 0 aliphatic rings. The Labute approximate surface area is 116 Å². The molecule has 0 fully saturated rings. The molecule has 1 aromatic rings. The van der Waals surface area contributed by atoms with E-state index in [0.717, 1.165) is 23.7 Å². The molecule has 1 rings (SSSR count). The van der Waals surface area contributed by atoms with Crippen molar-refractivity contribution in [3.05, 3.63) is 34.9 Å². The number of alkyl halides is 1. The molecule has 0 radical (unpaired) electrons. The summed E-state index contributed by atoms with van der Waals surface area (Å²) < 4.78 is 0. The molecular formula is C13H17BrClNO. The molecule has 0 saturated heterocycles. The highest BCUT2D eigenvalue weighted by molar-refractivity contribution is 9.09. The van der Waals surface area contributed by atoms with Crippen molar-refractivity contribution in [3.8, 4) is 0 Å². The third-order valence-electron chi connectivity index (χ3n) is 2.51. The molecule has 94 valence electrons. The Morgan fingerprint density at radius 2 is 2.24 bits per heavy atom. The van der Waals surface area contributed by atoms with E-state index in [4.69, 9.17) is 11.6 Å². The van der Waals surface area contributed by atoms with Crippen molar-refractivity contribution in [2.45, 2.75) is 32.2 Å². The minimum absolute atomic E-state index is 0.00479. The first-order valence-corrected chi connectivity index (χ1v) is 7.24. The van der Waals surface area contributed by atoms with Gasteiger partial charge in [0, 0.05) is 16.8 Å². The highest BCUT2D eigenvalue weighted by Crippen LogP contribution is 2.17. The Hall–Kier alpha value is -0.540. The van der Waals surface area contributed by atoms with Crippen molar-refractivity contribution in [1.29, 1.82) is 0 Å². The Balaban J connectivity index is 2.43. The maximum atomic E-state index is 11.6. The van der Waals surface area contributed by atoms with Gasteiger partial charge in [-0.05, 0) is 37.5 Å². The second-order valence-electron chi connectivity index (χ2n) is 3.99. The summed E-state index contributed by atoms with van der Waals surface area (Å²) in [6, 6.07) is 7.58. The van der Waals surface area contributed by atoms with Gasteiger partial charge in [-0.3, -0.25) is 4.79 Å². The normalized spacial score (nSPS) is 12.2. The molecule has 1 N–H and O–H groups in total. The molecular weight excluding hydrogens is 302 g/mol. The lowest BCUT2D eigenvalue weighted by Gasteiger charge is -2.14. The summed E-state index contributed by atoms with van der Waals surface area (Å²) in [7, 11) is 0. The van der Waals surface area contributed by atoms with Crippen LogP contribution in [0.15, 0.2) is 24.3 Å². The highest BCUT2D eigenvalue weighted by Gasteiger charge is 2.09. The number of unbranched alkanes of at least 4 members (excludes halogenated alkanes) is 1. The van der Waals surface area contributed by atoms with Crippen molar-refractivity contribution in [2.24, 2.45) is 0 Å². The van der Waals surface area contributed by atoms with E-state index in [1.165, 1.54) is 0 Å². The van der Waals surface area contributed by atoms with Gasteiger partial charge in [-0.2, -0.15) is 0 Å². The molecule has 0 saturated carbocycles. The lowest BCUT2D eigenvalue weighted by molar-refractivity contribution is -0.121. The van der Waals surface area contributed by atoms with Crippen LogP contribution in [0, 0.1) is 0 Å². The Bertz CT molecular complexity index is 370. The lowest BCUT2D eigenvalue weighted by Crippen LogP contribution is -2.26. The SMILES string of the molecule is C[C@H](NC(=O)CCCCBr)c1cccc(Cl)c1. The molecule has 2 nitrogen and oxygen atoms in total. The molecule has 1 aromatic carbocycles. The zero-order chi connectivity index (χ0) is 12.7. The van der Waals surface area contributed by atoms with Gasteiger partial charge in [0.15, 0.2) is 0 Å². The molecule has 0 spiro atoms. The fourth-order valence-corrected chi connectivity index (χ4v) is 2.15. The fraction of sp³-hybridized carbons (Fsp3) is 0.462. The summed E-state index contributed by atoms with van der Waals surface area (Å²) in [6.45, 7) is 1.97. The maximum Gasteiger partial charge on any atom is 0.220 e. The molecule has 0 heterocycles. The molecule has 4 heteroatoms. The highest BCUT2D eigenvalue weighted by atomic mass is 79.9. The minimum Gasteiger partial charge on any atom is -0.350 e. The van der Waals surface area contributed by atoms with E-state index in [1.54, 1.807) is 0 Å². The number of nitrogens with one attached hydrogen (secondary N) is 1. The van der Waals surface area contributed by atoms with E-state index in [9.17, 15) is 4.79 Å². The Morgan fingerprint density at radius 1 is 1.47 bits per heavy atom. The van der Waals surface area contributed by atoms with Crippen LogP contribution in [0.5, 0.6) is 0 Å². The molecule has 1 amide bonds. The van der Waals surface area contributed by atoms with E-state index >= 15 is 0 Å². The van der Waals surface area contributed by atoms with Crippen LogP contribution in [0.2, 0.25) is 5.02 Å². The summed E-state index contributed by atoms with van der Waals surface area (Å²) in [4.78, 5) is 11.6. The summed E-state index contributed by atoms with van der Waals surface area (Å²) >= 11 is 9.26. The van der Waals surface area contributed by atoms with Crippen LogP contribution in [0.4, 0.5) is 0 Å². The van der Waals surface area contributed by atoms with Crippen LogP contribution in [-0.4, -0.2) is 11.2 Å². The van der Waals surface area contributed by atoms with E-state index in [-0.39, 0.29) is 11.9 Å². The quantitative estimate of drug-likeness (QED) is 0.621. The smallest absolute Gasteiger partial charge is 0.220 e. The molecule has 0 unspecified atom stereocenters. The molecule has 0 bridgehead atoms. The largest absolute Gasteiger partial charge is 0.350 e. The molecule has 0 aliphatic heterocycles. The van der Waals surface area contributed by atoms with Crippen LogP contribution in [-0.2, 0) is 4.79 Å². The summed E-state index contributed by atoms with van der Waals surface area (Å²) in [6.07, 6.45) is 2.52. The fourth-order valence-electron chi connectivity index (χ4n) is 1.55. The number of amides is 1. The van der Waals surface area contributed by atoms with Gasteiger partial charge in [0.25, 0.3) is 0 Å². The summed E-state index contributed by atoms with van der Waals surface area (Å²) in [5, 5.41) is 4.62. The second kappa shape index (κ2) is 7.72. The molecule has 0 aromatic heterocycles. The van der Waals surface area contributed by atoms with Gasteiger partial charge in [0.2, 0.25) is 5.91 Å². The third-order valence-corrected chi connectivity index (χ3v) is 3.31. The topological polar surface area (TPSA) is 29.1 Å². The predicted octanol–water partition coefficient (Wildman–Crippen LogP) is 4.08. The van der Waals surface area contributed by atoms with Crippen molar-refractivity contribution < 1.29 is 4.79 Å². The van der Waals surface area contributed by atoms with Gasteiger partial charge in [-0.15, -0.1) is 0 Å². The predicted molar refractivity (Wildman–Crippen MR) is 75.7 cm³/mol. The number of hydrogen-bond donors (Lipinski definition) is 1. The minimum atomic E-state index is 0.00479. The number of carbonyl (C=O) groups is 1.